The normalized spacial score (nSPS) is 26.4. The minimum absolute atomic E-state index is 0.828. The summed E-state index contributed by atoms with van der Waals surface area (Å²) >= 11 is 0. The standard InChI is InChI=1S/C13H28N2/c1-4-12-7-8-13(11-12)14-9-5-6-10-15(2)3/h12-14H,4-11H2,1-3H3. The molecule has 0 radical (unpaired) electrons. The number of hydrogen-bond donors (Lipinski definition) is 1. The van der Waals surface area contributed by atoms with Crippen LogP contribution in [0.4, 0.5) is 0 Å². The molecule has 1 fully saturated rings. The van der Waals surface area contributed by atoms with Gasteiger partial charge < -0.3 is 10.2 Å². The van der Waals surface area contributed by atoms with Crippen LogP contribution in [0, 0.1) is 5.92 Å². The van der Waals surface area contributed by atoms with Crippen LogP contribution in [0.1, 0.15) is 45.4 Å². The van der Waals surface area contributed by atoms with Gasteiger partial charge in [0.2, 0.25) is 0 Å². The minimum atomic E-state index is 0.828. The third kappa shape index (κ3) is 5.53. The van der Waals surface area contributed by atoms with E-state index < -0.39 is 0 Å². The SMILES string of the molecule is CCC1CCC(NCCCCN(C)C)C1. The molecule has 0 heterocycles. The molecule has 90 valence electrons. The Hall–Kier alpha value is -0.0800. The maximum atomic E-state index is 3.70. The average Bonchev–Trinajstić information content (AvgIpc) is 2.65. The molecule has 2 heteroatoms. The van der Waals surface area contributed by atoms with Crippen molar-refractivity contribution in [2.24, 2.45) is 5.92 Å². The van der Waals surface area contributed by atoms with Gasteiger partial charge in [0.25, 0.3) is 0 Å². The van der Waals surface area contributed by atoms with E-state index in [1.165, 1.54) is 51.6 Å². The van der Waals surface area contributed by atoms with E-state index in [1.54, 1.807) is 0 Å². The van der Waals surface area contributed by atoms with E-state index in [9.17, 15) is 0 Å². The zero-order valence-electron chi connectivity index (χ0n) is 10.8. The summed E-state index contributed by atoms with van der Waals surface area (Å²) in [6, 6.07) is 0.828. The molecule has 1 rings (SSSR count). The lowest BCUT2D eigenvalue weighted by Crippen LogP contribution is -2.28. The Morgan fingerprint density at radius 2 is 2.00 bits per heavy atom. The first-order valence-corrected chi connectivity index (χ1v) is 6.60. The van der Waals surface area contributed by atoms with Crippen LogP contribution < -0.4 is 5.32 Å². The largest absolute Gasteiger partial charge is 0.314 e. The molecule has 1 aliphatic carbocycles. The molecule has 15 heavy (non-hydrogen) atoms. The van der Waals surface area contributed by atoms with Gasteiger partial charge in [0.15, 0.2) is 0 Å². The lowest BCUT2D eigenvalue weighted by molar-refractivity contribution is 0.386. The maximum absolute atomic E-state index is 3.70. The second-order valence-electron chi connectivity index (χ2n) is 5.25. The van der Waals surface area contributed by atoms with Gasteiger partial charge in [-0.15, -0.1) is 0 Å². The van der Waals surface area contributed by atoms with E-state index in [-0.39, 0.29) is 0 Å². The number of rotatable bonds is 7. The molecule has 0 saturated heterocycles. The van der Waals surface area contributed by atoms with Gasteiger partial charge in [0.05, 0.1) is 0 Å². The van der Waals surface area contributed by atoms with Gasteiger partial charge in [-0.25, -0.2) is 0 Å². The van der Waals surface area contributed by atoms with Gasteiger partial charge in [-0.05, 0) is 65.2 Å². The van der Waals surface area contributed by atoms with Crippen molar-refractivity contribution in [3.05, 3.63) is 0 Å². The monoisotopic (exact) mass is 212 g/mol. The molecule has 0 aromatic carbocycles. The predicted molar refractivity (Wildman–Crippen MR) is 67.2 cm³/mol. The zero-order valence-corrected chi connectivity index (χ0v) is 10.8. The van der Waals surface area contributed by atoms with Crippen molar-refractivity contribution in [2.75, 3.05) is 27.2 Å². The Labute approximate surface area is 95.4 Å². The first-order valence-electron chi connectivity index (χ1n) is 6.60. The lowest BCUT2D eigenvalue weighted by Gasteiger charge is -2.13. The fourth-order valence-corrected chi connectivity index (χ4v) is 2.49. The molecule has 1 saturated carbocycles. The zero-order chi connectivity index (χ0) is 11.1. The first-order chi connectivity index (χ1) is 7.22. The molecular weight excluding hydrogens is 184 g/mol. The molecule has 0 bridgehead atoms. The summed E-state index contributed by atoms with van der Waals surface area (Å²) in [6.07, 6.45) is 8.30. The van der Waals surface area contributed by atoms with E-state index in [4.69, 9.17) is 0 Å². The van der Waals surface area contributed by atoms with E-state index >= 15 is 0 Å². The number of nitrogens with zero attached hydrogens (tertiary/aromatic N) is 1. The summed E-state index contributed by atoms with van der Waals surface area (Å²) in [6.45, 7) is 4.77. The average molecular weight is 212 g/mol. The molecule has 1 N–H and O–H groups in total. The van der Waals surface area contributed by atoms with Gasteiger partial charge in [0, 0.05) is 6.04 Å². The highest BCUT2D eigenvalue weighted by atomic mass is 15.0. The van der Waals surface area contributed by atoms with Crippen molar-refractivity contribution in [1.29, 1.82) is 0 Å². The molecule has 0 amide bonds. The van der Waals surface area contributed by atoms with Crippen molar-refractivity contribution in [3.63, 3.8) is 0 Å². The summed E-state index contributed by atoms with van der Waals surface area (Å²) < 4.78 is 0. The van der Waals surface area contributed by atoms with Gasteiger partial charge in [-0.2, -0.15) is 0 Å². The molecule has 0 aromatic rings. The second-order valence-corrected chi connectivity index (χ2v) is 5.25. The Morgan fingerprint density at radius 3 is 2.60 bits per heavy atom. The van der Waals surface area contributed by atoms with Gasteiger partial charge in [-0.3, -0.25) is 0 Å². The molecule has 0 aliphatic heterocycles. The van der Waals surface area contributed by atoms with Crippen LogP contribution in [0.15, 0.2) is 0 Å². The maximum Gasteiger partial charge on any atom is 0.00698 e. The van der Waals surface area contributed by atoms with Crippen molar-refractivity contribution < 1.29 is 0 Å². The highest BCUT2D eigenvalue weighted by Crippen LogP contribution is 2.27. The second kappa shape index (κ2) is 7.24. The third-order valence-corrected chi connectivity index (χ3v) is 3.58. The molecular formula is C13H28N2. The topological polar surface area (TPSA) is 15.3 Å². The van der Waals surface area contributed by atoms with Crippen LogP contribution in [0.2, 0.25) is 0 Å². The van der Waals surface area contributed by atoms with E-state index in [0.29, 0.717) is 0 Å². The van der Waals surface area contributed by atoms with E-state index in [1.807, 2.05) is 0 Å². The van der Waals surface area contributed by atoms with Crippen molar-refractivity contribution in [3.8, 4) is 0 Å². The summed E-state index contributed by atoms with van der Waals surface area (Å²) in [7, 11) is 4.30. The van der Waals surface area contributed by atoms with Crippen LogP contribution in [-0.2, 0) is 0 Å². The summed E-state index contributed by atoms with van der Waals surface area (Å²) in [4.78, 5) is 2.27. The van der Waals surface area contributed by atoms with E-state index in [0.717, 1.165) is 12.0 Å². The smallest absolute Gasteiger partial charge is 0.00698 e. The molecule has 1 aliphatic rings. The van der Waals surface area contributed by atoms with Gasteiger partial charge in [-0.1, -0.05) is 13.3 Å². The quantitative estimate of drug-likeness (QED) is 0.652. The molecule has 0 aromatic heterocycles. The van der Waals surface area contributed by atoms with Crippen molar-refractivity contribution >= 4 is 0 Å². The van der Waals surface area contributed by atoms with Crippen LogP contribution in [0.25, 0.3) is 0 Å². The van der Waals surface area contributed by atoms with Crippen molar-refractivity contribution in [1.82, 2.24) is 10.2 Å². The first kappa shape index (κ1) is 13.0. The van der Waals surface area contributed by atoms with Gasteiger partial charge in [0.1, 0.15) is 0 Å². The van der Waals surface area contributed by atoms with E-state index in [2.05, 4.69) is 31.2 Å². The van der Waals surface area contributed by atoms with Gasteiger partial charge >= 0.3 is 0 Å². The minimum Gasteiger partial charge on any atom is -0.314 e. The van der Waals surface area contributed by atoms with Crippen LogP contribution in [0.3, 0.4) is 0 Å². The molecule has 2 atom stereocenters. The molecule has 2 unspecified atom stereocenters. The van der Waals surface area contributed by atoms with Crippen molar-refractivity contribution in [2.45, 2.75) is 51.5 Å². The lowest BCUT2D eigenvalue weighted by atomic mass is 10.1. The Morgan fingerprint density at radius 1 is 1.20 bits per heavy atom. The van der Waals surface area contributed by atoms with Crippen LogP contribution in [0.5, 0.6) is 0 Å². The number of hydrogen-bond acceptors (Lipinski definition) is 2. The fourth-order valence-electron chi connectivity index (χ4n) is 2.49. The molecule has 0 spiro atoms. The highest BCUT2D eigenvalue weighted by Gasteiger charge is 2.22. The summed E-state index contributed by atoms with van der Waals surface area (Å²) in [5.74, 6) is 1.00. The Kier molecular flexibility index (Phi) is 6.26. The Balaban J connectivity index is 1.92. The van der Waals surface area contributed by atoms with Crippen LogP contribution in [-0.4, -0.2) is 38.1 Å². The molecule has 2 nitrogen and oxygen atoms in total. The predicted octanol–water partition coefficient (Wildman–Crippen LogP) is 2.50. The highest BCUT2D eigenvalue weighted by molar-refractivity contribution is 4.79. The number of unbranched alkanes of at least 4 members (excludes halogenated alkanes) is 1. The number of nitrogens with one attached hydrogen (secondary N) is 1. The fraction of sp³-hybridized carbons (Fsp3) is 1.00. The summed E-state index contributed by atoms with van der Waals surface area (Å²) in [5, 5.41) is 3.70. The summed E-state index contributed by atoms with van der Waals surface area (Å²) in [5.41, 5.74) is 0. The third-order valence-electron chi connectivity index (χ3n) is 3.58. The van der Waals surface area contributed by atoms with Crippen LogP contribution >= 0.6 is 0 Å². The Bertz CT molecular complexity index is 157.